The van der Waals surface area contributed by atoms with E-state index in [2.05, 4.69) is 0 Å². The number of aliphatic hydroxyl groups excluding tert-OH is 2. The highest BCUT2D eigenvalue weighted by atomic mass is 16.5. The predicted octanol–water partition coefficient (Wildman–Crippen LogP) is 2.33. The van der Waals surface area contributed by atoms with E-state index in [0.29, 0.717) is 6.61 Å². The maximum atomic E-state index is 12.1. The molecule has 2 N–H and O–H groups in total. The van der Waals surface area contributed by atoms with Crippen LogP contribution in [0.25, 0.3) is 5.57 Å². The number of esters is 1. The standard InChI is InChI=1S/C18H26O5/c1-5-23-18(21)13(3)16(8-7-15(20)11-19)14-6-9-17(22-4)12(2)10-14/h6,8-10,13,15,19-20H,5,7,11H2,1-4H3/b16-8+. The number of benzene rings is 1. The van der Waals surface area contributed by atoms with Crippen LogP contribution < -0.4 is 4.74 Å². The molecule has 0 spiro atoms. The SMILES string of the molecule is CCOC(=O)C(C)/C(=C\CC(O)CO)c1ccc(OC)c(C)c1. The van der Waals surface area contributed by atoms with Crippen molar-refractivity contribution in [3.8, 4) is 5.75 Å². The second-order valence-corrected chi connectivity index (χ2v) is 5.39. The largest absolute Gasteiger partial charge is 0.496 e. The Kier molecular flexibility index (Phi) is 7.78. The molecule has 0 amide bonds. The summed E-state index contributed by atoms with van der Waals surface area (Å²) >= 11 is 0. The molecule has 0 bridgehead atoms. The summed E-state index contributed by atoms with van der Waals surface area (Å²) < 4.78 is 10.4. The monoisotopic (exact) mass is 322 g/mol. The van der Waals surface area contributed by atoms with Crippen LogP contribution in [0.3, 0.4) is 0 Å². The van der Waals surface area contributed by atoms with Crippen LogP contribution in [-0.2, 0) is 9.53 Å². The number of methoxy groups -OCH3 is 1. The maximum absolute atomic E-state index is 12.1. The molecule has 5 heteroatoms. The lowest BCUT2D eigenvalue weighted by molar-refractivity contribution is -0.145. The summed E-state index contributed by atoms with van der Waals surface area (Å²) in [4.78, 5) is 12.1. The second kappa shape index (κ2) is 9.33. The summed E-state index contributed by atoms with van der Waals surface area (Å²) in [6.45, 7) is 5.46. The topological polar surface area (TPSA) is 76.0 Å². The molecule has 0 saturated carbocycles. The van der Waals surface area contributed by atoms with Crippen LogP contribution in [0.15, 0.2) is 24.3 Å². The van der Waals surface area contributed by atoms with E-state index in [0.717, 1.165) is 22.4 Å². The molecule has 1 rings (SSSR count). The predicted molar refractivity (Wildman–Crippen MR) is 89.2 cm³/mol. The molecule has 0 aliphatic heterocycles. The third-order valence-electron chi connectivity index (χ3n) is 3.66. The number of carbonyl (C=O) groups is 1. The first-order valence-corrected chi connectivity index (χ1v) is 7.75. The molecule has 2 atom stereocenters. The van der Waals surface area contributed by atoms with Crippen molar-refractivity contribution >= 4 is 11.5 Å². The van der Waals surface area contributed by atoms with Gasteiger partial charge in [-0.2, -0.15) is 0 Å². The fourth-order valence-electron chi connectivity index (χ4n) is 2.33. The summed E-state index contributed by atoms with van der Waals surface area (Å²) in [7, 11) is 1.61. The van der Waals surface area contributed by atoms with Crippen LogP contribution in [0.2, 0.25) is 0 Å². The van der Waals surface area contributed by atoms with Gasteiger partial charge >= 0.3 is 5.97 Å². The van der Waals surface area contributed by atoms with Gasteiger partial charge in [0, 0.05) is 0 Å². The van der Waals surface area contributed by atoms with Gasteiger partial charge in [-0.1, -0.05) is 12.1 Å². The van der Waals surface area contributed by atoms with Gasteiger partial charge in [-0.05, 0) is 56.0 Å². The van der Waals surface area contributed by atoms with Crippen molar-refractivity contribution in [2.24, 2.45) is 5.92 Å². The molecule has 0 heterocycles. The Morgan fingerprint density at radius 3 is 2.61 bits per heavy atom. The molecule has 0 aliphatic carbocycles. The minimum absolute atomic E-state index is 0.265. The van der Waals surface area contributed by atoms with Crippen molar-refractivity contribution in [1.82, 2.24) is 0 Å². The molecule has 2 unspecified atom stereocenters. The highest BCUT2D eigenvalue weighted by Gasteiger charge is 2.21. The first-order chi connectivity index (χ1) is 10.9. The van der Waals surface area contributed by atoms with E-state index in [9.17, 15) is 9.90 Å². The molecule has 128 valence electrons. The van der Waals surface area contributed by atoms with Crippen molar-refractivity contribution < 1.29 is 24.5 Å². The van der Waals surface area contributed by atoms with Crippen molar-refractivity contribution in [3.05, 3.63) is 35.4 Å². The summed E-state index contributed by atoms with van der Waals surface area (Å²) in [6, 6.07) is 5.66. The van der Waals surface area contributed by atoms with Gasteiger partial charge in [0.1, 0.15) is 5.75 Å². The summed E-state index contributed by atoms with van der Waals surface area (Å²) in [5.41, 5.74) is 2.59. The fourth-order valence-corrected chi connectivity index (χ4v) is 2.33. The molecule has 0 radical (unpaired) electrons. The quantitative estimate of drug-likeness (QED) is 0.718. The van der Waals surface area contributed by atoms with E-state index in [1.807, 2.05) is 25.1 Å². The molecule has 1 aromatic rings. The van der Waals surface area contributed by atoms with E-state index in [1.165, 1.54) is 0 Å². The second-order valence-electron chi connectivity index (χ2n) is 5.39. The van der Waals surface area contributed by atoms with Crippen molar-refractivity contribution in [2.75, 3.05) is 20.3 Å². The first-order valence-electron chi connectivity index (χ1n) is 7.75. The average molecular weight is 322 g/mol. The van der Waals surface area contributed by atoms with E-state index in [4.69, 9.17) is 14.6 Å². The maximum Gasteiger partial charge on any atom is 0.313 e. The summed E-state index contributed by atoms with van der Waals surface area (Å²) in [5.74, 6) is -0.00775. The van der Waals surface area contributed by atoms with Gasteiger partial charge in [0.15, 0.2) is 0 Å². The van der Waals surface area contributed by atoms with E-state index >= 15 is 0 Å². The molecule has 0 aromatic heterocycles. The Labute approximate surface area is 137 Å². The number of ether oxygens (including phenoxy) is 2. The highest BCUT2D eigenvalue weighted by Crippen LogP contribution is 2.29. The van der Waals surface area contributed by atoms with Crippen LogP contribution >= 0.6 is 0 Å². The average Bonchev–Trinajstić information content (AvgIpc) is 2.54. The number of aliphatic hydroxyl groups is 2. The van der Waals surface area contributed by atoms with Gasteiger partial charge in [-0.25, -0.2) is 0 Å². The highest BCUT2D eigenvalue weighted by molar-refractivity contribution is 5.88. The van der Waals surface area contributed by atoms with Gasteiger partial charge in [-0.3, -0.25) is 4.79 Å². The molecule has 23 heavy (non-hydrogen) atoms. The minimum atomic E-state index is -0.848. The molecule has 0 fully saturated rings. The van der Waals surface area contributed by atoms with Gasteiger partial charge < -0.3 is 19.7 Å². The normalized spacial score (nSPS) is 14.3. The lowest BCUT2D eigenvalue weighted by atomic mass is 9.91. The third-order valence-corrected chi connectivity index (χ3v) is 3.66. The molecule has 0 saturated heterocycles. The van der Waals surface area contributed by atoms with Crippen molar-refractivity contribution in [1.29, 1.82) is 0 Å². The lowest BCUT2D eigenvalue weighted by Crippen LogP contribution is -2.17. The zero-order valence-electron chi connectivity index (χ0n) is 14.2. The van der Waals surface area contributed by atoms with Gasteiger partial charge in [0.2, 0.25) is 0 Å². The minimum Gasteiger partial charge on any atom is -0.496 e. The van der Waals surface area contributed by atoms with Crippen molar-refractivity contribution in [2.45, 2.75) is 33.3 Å². The number of hydrogen-bond acceptors (Lipinski definition) is 5. The van der Waals surface area contributed by atoms with Crippen LogP contribution in [0.4, 0.5) is 0 Å². The Hall–Kier alpha value is -1.85. The number of hydrogen-bond donors (Lipinski definition) is 2. The van der Waals surface area contributed by atoms with Crippen LogP contribution in [0, 0.1) is 12.8 Å². The Morgan fingerprint density at radius 1 is 1.39 bits per heavy atom. The number of rotatable bonds is 8. The number of aryl methyl sites for hydroxylation is 1. The Morgan fingerprint density at radius 2 is 2.09 bits per heavy atom. The first kappa shape index (κ1) is 19.2. The zero-order valence-corrected chi connectivity index (χ0v) is 14.2. The van der Waals surface area contributed by atoms with Crippen LogP contribution in [0.5, 0.6) is 5.75 Å². The smallest absolute Gasteiger partial charge is 0.313 e. The fraction of sp³-hybridized carbons (Fsp3) is 0.500. The van der Waals surface area contributed by atoms with Gasteiger partial charge in [-0.15, -0.1) is 0 Å². The van der Waals surface area contributed by atoms with Crippen molar-refractivity contribution in [3.63, 3.8) is 0 Å². The lowest BCUT2D eigenvalue weighted by Gasteiger charge is -2.17. The van der Waals surface area contributed by atoms with Gasteiger partial charge in [0.05, 0.1) is 32.3 Å². The molecular formula is C18H26O5. The molecule has 1 aromatic carbocycles. The molecular weight excluding hydrogens is 296 g/mol. The van der Waals surface area contributed by atoms with Crippen LogP contribution in [0.1, 0.15) is 31.4 Å². The molecule has 0 aliphatic rings. The Bertz CT molecular complexity index is 550. The van der Waals surface area contributed by atoms with E-state index in [1.54, 1.807) is 27.0 Å². The third kappa shape index (κ3) is 5.37. The van der Waals surface area contributed by atoms with E-state index in [-0.39, 0.29) is 19.0 Å². The molecule has 5 nitrogen and oxygen atoms in total. The summed E-state index contributed by atoms with van der Waals surface area (Å²) in [6.07, 6.45) is 1.20. The Balaban J connectivity index is 3.17. The van der Waals surface area contributed by atoms with Gasteiger partial charge in [0.25, 0.3) is 0 Å². The number of carbonyl (C=O) groups excluding carboxylic acids is 1. The summed E-state index contributed by atoms with van der Waals surface area (Å²) in [5, 5.41) is 18.6. The van der Waals surface area contributed by atoms with E-state index < -0.39 is 12.0 Å². The van der Waals surface area contributed by atoms with Crippen LogP contribution in [-0.4, -0.2) is 42.6 Å². The zero-order chi connectivity index (χ0) is 17.4.